The fourth-order valence-corrected chi connectivity index (χ4v) is 6.60. The van der Waals surface area contributed by atoms with Gasteiger partial charge in [0.25, 0.3) is 5.91 Å². The van der Waals surface area contributed by atoms with Gasteiger partial charge in [0.1, 0.15) is 11.6 Å². The van der Waals surface area contributed by atoms with Crippen molar-refractivity contribution in [3.8, 4) is 0 Å². The van der Waals surface area contributed by atoms with Crippen molar-refractivity contribution < 1.29 is 22.4 Å². The van der Waals surface area contributed by atoms with Crippen molar-refractivity contribution in [3.05, 3.63) is 46.9 Å². The Hall–Kier alpha value is -3.07. The predicted molar refractivity (Wildman–Crippen MR) is 138 cm³/mol. The minimum Gasteiger partial charge on any atom is -0.399 e. The summed E-state index contributed by atoms with van der Waals surface area (Å²) in [5, 5.41) is 3.88. The molecule has 7 nitrogen and oxygen atoms in total. The third-order valence-electron chi connectivity index (χ3n) is 6.37. The molecule has 2 aromatic heterocycles. The summed E-state index contributed by atoms with van der Waals surface area (Å²) >= 11 is 0. The van der Waals surface area contributed by atoms with E-state index in [0.29, 0.717) is 53.5 Å². The summed E-state index contributed by atoms with van der Waals surface area (Å²) in [5.74, 6) is 0.482. The topological polar surface area (TPSA) is 97.0 Å². The summed E-state index contributed by atoms with van der Waals surface area (Å²) in [5.41, 5.74) is 5.13. The van der Waals surface area contributed by atoms with E-state index in [1.54, 1.807) is 18.0 Å². The molecule has 3 aromatic rings. The van der Waals surface area contributed by atoms with Crippen molar-refractivity contribution in [1.82, 2.24) is 19.9 Å². The van der Waals surface area contributed by atoms with Gasteiger partial charge >= 0.3 is 6.18 Å². The van der Waals surface area contributed by atoms with Crippen LogP contribution in [0.1, 0.15) is 36.4 Å². The molecule has 198 valence electrons. The molecule has 3 heterocycles. The number of alkyl halides is 4. The van der Waals surface area contributed by atoms with Crippen molar-refractivity contribution in [2.24, 2.45) is 0 Å². The monoisotopic (exact) mass is 536 g/mol. The number of nitrogens with one attached hydrogen (secondary N) is 1. The van der Waals surface area contributed by atoms with Crippen LogP contribution >= 0.6 is 7.92 Å². The molecule has 0 unspecified atom stereocenters. The standard InChI is InChI=1S/C25H29F4N6OP/c1-14-16(9-17(30)10-19(14)25(27,28)29)12-32-22-18-11-21(31-13-20(18)33-15(2)34-22)37-7-5-35(6-8-37)23(36)24(3,4)26/h9-11,13H,5-8,12,30H2,1-4H3,(H,32,33,34). The molecule has 12 heteroatoms. The van der Waals surface area contributed by atoms with E-state index >= 15 is 0 Å². The molecule has 0 saturated carbocycles. The van der Waals surface area contributed by atoms with Crippen LogP contribution < -0.4 is 16.5 Å². The number of fused-ring (bicyclic) bond motifs is 1. The van der Waals surface area contributed by atoms with Gasteiger partial charge < -0.3 is 16.0 Å². The third kappa shape index (κ3) is 5.92. The zero-order valence-corrected chi connectivity index (χ0v) is 22.0. The van der Waals surface area contributed by atoms with Gasteiger partial charge in [-0.1, -0.05) is 7.92 Å². The highest BCUT2D eigenvalue weighted by molar-refractivity contribution is 7.65. The van der Waals surface area contributed by atoms with Crippen LogP contribution in [0.15, 0.2) is 24.4 Å². The molecule has 0 bridgehead atoms. The van der Waals surface area contributed by atoms with Crippen LogP contribution in [0.4, 0.5) is 29.1 Å². The maximum absolute atomic E-state index is 14.1. The quantitative estimate of drug-likeness (QED) is 0.282. The van der Waals surface area contributed by atoms with Crippen molar-refractivity contribution in [1.29, 1.82) is 0 Å². The van der Waals surface area contributed by atoms with Gasteiger partial charge in [0.05, 0.1) is 22.7 Å². The number of carbonyl (C=O) groups is 1. The predicted octanol–water partition coefficient (Wildman–Crippen LogP) is 4.55. The number of hydrogen-bond acceptors (Lipinski definition) is 6. The molecule has 1 aliphatic heterocycles. The number of benzene rings is 1. The zero-order chi connectivity index (χ0) is 27.1. The number of halogens is 4. The molecule has 0 atom stereocenters. The first-order valence-corrected chi connectivity index (χ1v) is 13.5. The van der Waals surface area contributed by atoms with E-state index in [1.165, 1.54) is 26.8 Å². The van der Waals surface area contributed by atoms with E-state index in [9.17, 15) is 22.4 Å². The fraction of sp³-hybridized carbons (Fsp3) is 0.440. The zero-order valence-electron chi connectivity index (χ0n) is 21.1. The van der Waals surface area contributed by atoms with Crippen molar-refractivity contribution >= 4 is 41.7 Å². The normalized spacial score (nSPS) is 15.3. The van der Waals surface area contributed by atoms with Gasteiger partial charge in [-0.05, 0) is 69.3 Å². The average molecular weight is 537 g/mol. The Labute approximate surface area is 213 Å². The lowest BCUT2D eigenvalue weighted by molar-refractivity contribution is -0.141. The van der Waals surface area contributed by atoms with E-state index in [1.807, 2.05) is 6.07 Å². The number of rotatable bonds is 5. The third-order valence-corrected chi connectivity index (χ3v) is 8.74. The molecule has 0 radical (unpaired) electrons. The highest BCUT2D eigenvalue weighted by Crippen LogP contribution is 2.38. The van der Waals surface area contributed by atoms with Gasteiger partial charge in [0, 0.05) is 30.7 Å². The Balaban J connectivity index is 1.58. The lowest BCUT2D eigenvalue weighted by Crippen LogP contribution is -2.47. The minimum absolute atomic E-state index is 0.0358. The van der Waals surface area contributed by atoms with Crippen molar-refractivity contribution in [2.75, 3.05) is 36.5 Å². The number of nitrogens with two attached hydrogens (primary N) is 1. The van der Waals surface area contributed by atoms with Gasteiger partial charge in [-0.15, -0.1) is 0 Å². The number of aryl methyl sites for hydroxylation is 1. The van der Waals surface area contributed by atoms with Gasteiger partial charge in [-0.2, -0.15) is 13.2 Å². The molecule has 37 heavy (non-hydrogen) atoms. The van der Waals surface area contributed by atoms with Crippen LogP contribution in [0.3, 0.4) is 0 Å². The van der Waals surface area contributed by atoms with Gasteiger partial charge in [0.15, 0.2) is 5.67 Å². The van der Waals surface area contributed by atoms with Crippen LogP contribution in [-0.2, 0) is 17.5 Å². The molecular weight excluding hydrogens is 507 g/mol. The minimum atomic E-state index is -4.50. The van der Waals surface area contributed by atoms with Crippen molar-refractivity contribution in [2.45, 2.75) is 46.1 Å². The number of anilines is 2. The summed E-state index contributed by atoms with van der Waals surface area (Å²) in [7, 11) is -0.680. The second-order valence-electron chi connectivity index (χ2n) is 9.63. The van der Waals surface area contributed by atoms with Crippen LogP contribution in [0, 0.1) is 13.8 Å². The molecule has 0 spiro atoms. The number of aromatic nitrogens is 3. The summed E-state index contributed by atoms with van der Waals surface area (Å²) in [6.07, 6.45) is -1.43. The van der Waals surface area contributed by atoms with Crippen LogP contribution in [0.2, 0.25) is 0 Å². The molecule has 1 aliphatic rings. The highest BCUT2D eigenvalue weighted by Gasteiger charge is 2.35. The number of pyridine rings is 1. The lowest BCUT2D eigenvalue weighted by Gasteiger charge is -2.34. The average Bonchev–Trinajstić information content (AvgIpc) is 2.82. The number of hydrogen-bond donors (Lipinski definition) is 2. The molecule has 0 aliphatic carbocycles. The van der Waals surface area contributed by atoms with Crippen LogP contribution in [0.25, 0.3) is 10.9 Å². The summed E-state index contributed by atoms with van der Waals surface area (Å²) in [6, 6.07) is 4.38. The Kier molecular flexibility index (Phi) is 7.29. The Morgan fingerprint density at radius 1 is 1.11 bits per heavy atom. The van der Waals surface area contributed by atoms with Crippen molar-refractivity contribution in [3.63, 3.8) is 0 Å². The molecule has 1 amide bonds. The number of nitrogen functional groups attached to an aromatic ring is 1. The summed E-state index contributed by atoms with van der Waals surface area (Å²) < 4.78 is 54.4. The molecule has 1 aromatic carbocycles. The van der Waals surface area contributed by atoms with E-state index in [4.69, 9.17) is 5.73 Å². The highest BCUT2D eigenvalue weighted by atomic mass is 31.1. The molecular formula is C25H29F4N6OP. The van der Waals surface area contributed by atoms with E-state index < -0.39 is 31.2 Å². The molecule has 4 rings (SSSR count). The Morgan fingerprint density at radius 3 is 2.41 bits per heavy atom. The van der Waals surface area contributed by atoms with Gasteiger partial charge in [0.2, 0.25) is 0 Å². The maximum Gasteiger partial charge on any atom is 0.416 e. The van der Waals surface area contributed by atoms with Gasteiger partial charge in [-0.3, -0.25) is 9.78 Å². The van der Waals surface area contributed by atoms with E-state index in [0.717, 1.165) is 11.5 Å². The Morgan fingerprint density at radius 2 is 1.78 bits per heavy atom. The maximum atomic E-state index is 14.1. The second kappa shape index (κ2) is 10.0. The number of amides is 1. The van der Waals surface area contributed by atoms with E-state index in [2.05, 4.69) is 20.3 Å². The first-order chi connectivity index (χ1) is 17.2. The fourth-order valence-electron chi connectivity index (χ4n) is 4.42. The lowest BCUT2D eigenvalue weighted by atomic mass is 10.0. The van der Waals surface area contributed by atoms with Gasteiger partial charge in [-0.25, -0.2) is 14.4 Å². The number of carbonyl (C=O) groups excluding carboxylic acids is 1. The van der Waals surface area contributed by atoms with Crippen LogP contribution in [-0.4, -0.2) is 56.8 Å². The first kappa shape index (κ1) is 27.0. The first-order valence-electron chi connectivity index (χ1n) is 11.8. The molecule has 3 N–H and O–H groups in total. The summed E-state index contributed by atoms with van der Waals surface area (Å²) in [6.45, 7) is 6.71. The second-order valence-corrected chi connectivity index (χ2v) is 12.1. The Bertz CT molecular complexity index is 1330. The van der Waals surface area contributed by atoms with E-state index in [-0.39, 0.29) is 17.8 Å². The smallest absolute Gasteiger partial charge is 0.399 e. The molecule has 1 fully saturated rings. The molecule has 1 saturated heterocycles. The number of nitrogens with zero attached hydrogens (tertiary/aromatic N) is 4. The SMILES string of the molecule is Cc1nc(NCc2cc(N)cc(C(F)(F)F)c2C)c2cc(P3CCN(C(=O)C(C)(C)F)CC3)ncc2n1. The van der Waals surface area contributed by atoms with Crippen LogP contribution in [0.5, 0.6) is 0 Å². The summed E-state index contributed by atoms with van der Waals surface area (Å²) in [4.78, 5) is 27.4. The largest absolute Gasteiger partial charge is 0.416 e.